The summed E-state index contributed by atoms with van der Waals surface area (Å²) in [6.45, 7) is 5.82. The maximum Gasteiger partial charge on any atom is 0.128 e. The summed E-state index contributed by atoms with van der Waals surface area (Å²) >= 11 is 0. The quantitative estimate of drug-likeness (QED) is 0.562. The summed E-state index contributed by atoms with van der Waals surface area (Å²) in [6.07, 6.45) is 10.8. The van der Waals surface area contributed by atoms with Crippen LogP contribution in [0.1, 0.15) is 24.5 Å². The van der Waals surface area contributed by atoms with E-state index in [4.69, 9.17) is 5.41 Å². The molecule has 1 aromatic rings. The highest BCUT2D eigenvalue weighted by atomic mass is 19.1. The van der Waals surface area contributed by atoms with Gasteiger partial charge in [-0.2, -0.15) is 0 Å². The van der Waals surface area contributed by atoms with E-state index in [1.807, 2.05) is 40.4 Å². The summed E-state index contributed by atoms with van der Waals surface area (Å²) in [7, 11) is 0. The molecule has 0 unspecified atom stereocenters. The van der Waals surface area contributed by atoms with Gasteiger partial charge in [0.05, 0.1) is 6.54 Å². The van der Waals surface area contributed by atoms with Gasteiger partial charge < -0.3 is 20.4 Å². The SMILES string of the molecule is CC/C=C/C=C1\NC=CN1Cc1ccc(C(=N)N2CCNCC2)cc1F. The maximum absolute atomic E-state index is 14.6. The first-order valence-electron chi connectivity index (χ1n) is 9.08. The lowest BCUT2D eigenvalue weighted by atomic mass is 10.1. The second-order valence-corrected chi connectivity index (χ2v) is 6.37. The van der Waals surface area contributed by atoms with Crippen molar-refractivity contribution in [2.24, 2.45) is 0 Å². The number of hydrogen-bond donors (Lipinski definition) is 3. The molecule has 2 aliphatic heterocycles. The molecule has 2 aliphatic rings. The van der Waals surface area contributed by atoms with Gasteiger partial charge >= 0.3 is 0 Å². The molecule has 0 radical (unpaired) electrons. The summed E-state index contributed by atoms with van der Waals surface area (Å²) in [5, 5.41) is 14.8. The van der Waals surface area contributed by atoms with E-state index in [0.717, 1.165) is 38.4 Å². The molecule has 26 heavy (non-hydrogen) atoms. The molecule has 1 aromatic carbocycles. The molecule has 0 spiro atoms. The fourth-order valence-electron chi connectivity index (χ4n) is 3.03. The van der Waals surface area contributed by atoms with Gasteiger partial charge in [-0.3, -0.25) is 5.41 Å². The lowest BCUT2D eigenvalue weighted by Crippen LogP contribution is -2.46. The molecular weight excluding hydrogens is 329 g/mol. The molecular formula is C20H26FN5. The third-order valence-corrected chi connectivity index (χ3v) is 4.52. The second kappa shape index (κ2) is 8.67. The van der Waals surface area contributed by atoms with E-state index >= 15 is 0 Å². The Balaban J connectivity index is 1.69. The molecule has 0 atom stereocenters. The zero-order valence-electron chi connectivity index (χ0n) is 15.1. The Morgan fingerprint density at radius 1 is 1.31 bits per heavy atom. The smallest absolute Gasteiger partial charge is 0.128 e. The van der Waals surface area contributed by atoms with Gasteiger partial charge in [-0.1, -0.05) is 31.2 Å². The van der Waals surface area contributed by atoms with Crippen LogP contribution in [0.15, 0.2) is 54.6 Å². The fraction of sp³-hybridized carbons (Fsp3) is 0.350. The van der Waals surface area contributed by atoms with Gasteiger partial charge in [-0.25, -0.2) is 4.39 Å². The molecule has 3 N–H and O–H groups in total. The number of amidine groups is 1. The highest BCUT2D eigenvalue weighted by molar-refractivity contribution is 5.96. The zero-order valence-corrected chi connectivity index (χ0v) is 15.1. The monoisotopic (exact) mass is 355 g/mol. The molecule has 2 heterocycles. The summed E-state index contributed by atoms with van der Waals surface area (Å²) in [4.78, 5) is 3.96. The van der Waals surface area contributed by atoms with Crippen molar-refractivity contribution in [2.75, 3.05) is 26.2 Å². The Labute approximate surface area is 154 Å². The van der Waals surface area contributed by atoms with Gasteiger partial charge in [-0.05, 0) is 18.6 Å². The van der Waals surface area contributed by atoms with Gasteiger partial charge in [0.2, 0.25) is 0 Å². The van der Waals surface area contributed by atoms with Crippen LogP contribution in [0.4, 0.5) is 4.39 Å². The minimum absolute atomic E-state index is 0.272. The summed E-state index contributed by atoms with van der Waals surface area (Å²) in [6, 6.07) is 5.11. The van der Waals surface area contributed by atoms with Crippen LogP contribution in [0.3, 0.4) is 0 Å². The van der Waals surface area contributed by atoms with E-state index in [1.165, 1.54) is 6.07 Å². The first-order valence-corrected chi connectivity index (χ1v) is 9.08. The maximum atomic E-state index is 14.6. The number of benzene rings is 1. The predicted molar refractivity (Wildman–Crippen MR) is 103 cm³/mol. The topological polar surface area (TPSA) is 54.4 Å². The molecule has 3 rings (SSSR count). The second-order valence-electron chi connectivity index (χ2n) is 6.37. The van der Waals surface area contributed by atoms with Crippen LogP contribution in [0.25, 0.3) is 0 Å². The Bertz CT molecular complexity index is 732. The van der Waals surface area contributed by atoms with Gasteiger partial charge in [0.1, 0.15) is 17.5 Å². The summed E-state index contributed by atoms with van der Waals surface area (Å²) < 4.78 is 14.6. The van der Waals surface area contributed by atoms with E-state index in [9.17, 15) is 4.39 Å². The molecule has 0 amide bonds. The molecule has 0 saturated carbocycles. The van der Waals surface area contributed by atoms with Crippen LogP contribution >= 0.6 is 0 Å². The average Bonchev–Trinajstić information content (AvgIpc) is 3.11. The number of nitrogens with one attached hydrogen (secondary N) is 3. The number of allylic oxidation sites excluding steroid dienone is 3. The molecule has 0 bridgehead atoms. The lowest BCUT2D eigenvalue weighted by molar-refractivity contribution is 0.356. The Morgan fingerprint density at radius 2 is 2.12 bits per heavy atom. The van der Waals surface area contributed by atoms with Crippen LogP contribution in [-0.2, 0) is 6.54 Å². The van der Waals surface area contributed by atoms with Gasteiger partial charge in [0, 0.05) is 49.7 Å². The number of hydrogen-bond acceptors (Lipinski definition) is 4. The van der Waals surface area contributed by atoms with Crippen LogP contribution in [-0.4, -0.2) is 41.8 Å². The lowest BCUT2D eigenvalue weighted by Gasteiger charge is -2.29. The first-order chi connectivity index (χ1) is 12.7. The van der Waals surface area contributed by atoms with Gasteiger partial charge in [-0.15, -0.1) is 0 Å². The Morgan fingerprint density at radius 3 is 2.85 bits per heavy atom. The van der Waals surface area contributed by atoms with Crippen molar-refractivity contribution < 1.29 is 4.39 Å². The van der Waals surface area contributed by atoms with Crippen molar-refractivity contribution in [1.29, 1.82) is 5.41 Å². The standard InChI is InChI=1S/C20H26FN5/c1-2-3-4-5-19-24-10-13-26(19)15-17-7-6-16(14-18(17)21)20(22)25-11-8-23-9-12-25/h3-7,10,13-14,22-24H,2,8-9,11-12,15H2,1H3/b4-3+,19-5+,22-20?. The van der Waals surface area contributed by atoms with E-state index in [-0.39, 0.29) is 5.82 Å². The van der Waals surface area contributed by atoms with E-state index in [2.05, 4.69) is 23.6 Å². The van der Waals surface area contributed by atoms with Crippen LogP contribution in [0.5, 0.6) is 0 Å². The first kappa shape index (κ1) is 18.2. The summed E-state index contributed by atoms with van der Waals surface area (Å²) in [5.41, 5.74) is 1.24. The average molecular weight is 355 g/mol. The Kier molecular flexibility index (Phi) is 6.07. The van der Waals surface area contributed by atoms with Crippen molar-refractivity contribution in [2.45, 2.75) is 19.9 Å². The highest BCUT2D eigenvalue weighted by Gasteiger charge is 2.17. The summed E-state index contributed by atoms with van der Waals surface area (Å²) in [5.74, 6) is 1.04. The molecule has 0 aliphatic carbocycles. The number of halogens is 1. The minimum atomic E-state index is -0.272. The largest absolute Gasteiger partial charge is 0.354 e. The van der Waals surface area contributed by atoms with Crippen LogP contribution < -0.4 is 10.6 Å². The third-order valence-electron chi connectivity index (χ3n) is 4.52. The molecule has 5 nitrogen and oxygen atoms in total. The predicted octanol–water partition coefficient (Wildman–Crippen LogP) is 2.74. The van der Waals surface area contributed by atoms with Crippen LogP contribution in [0, 0.1) is 11.2 Å². The zero-order chi connectivity index (χ0) is 18.4. The van der Waals surface area contributed by atoms with Crippen LogP contribution in [0.2, 0.25) is 0 Å². The van der Waals surface area contributed by atoms with Crippen molar-refractivity contribution in [3.05, 3.63) is 71.6 Å². The van der Waals surface area contributed by atoms with E-state index < -0.39 is 0 Å². The fourth-order valence-corrected chi connectivity index (χ4v) is 3.03. The molecule has 6 heteroatoms. The molecule has 1 saturated heterocycles. The molecule has 138 valence electrons. The van der Waals surface area contributed by atoms with Crippen molar-refractivity contribution in [3.63, 3.8) is 0 Å². The normalized spacial score (nSPS) is 18.8. The minimum Gasteiger partial charge on any atom is -0.354 e. The third kappa shape index (κ3) is 4.32. The van der Waals surface area contributed by atoms with Crippen molar-refractivity contribution in [3.8, 4) is 0 Å². The molecule has 1 fully saturated rings. The van der Waals surface area contributed by atoms with Crippen molar-refractivity contribution >= 4 is 5.84 Å². The van der Waals surface area contributed by atoms with Gasteiger partial charge in [0.25, 0.3) is 0 Å². The Hall–Kier alpha value is -2.60. The molecule has 0 aromatic heterocycles. The number of piperazine rings is 1. The number of rotatable bonds is 5. The van der Waals surface area contributed by atoms with E-state index in [1.54, 1.807) is 6.07 Å². The van der Waals surface area contributed by atoms with Crippen molar-refractivity contribution in [1.82, 2.24) is 20.4 Å². The van der Waals surface area contributed by atoms with E-state index in [0.29, 0.717) is 23.5 Å². The van der Waals surface area contributed by atoms with Gasteiger partial charge in [0.15, 0.2) is 0 Å². The highest BCUT2D eigenvalue weighted by Crippen LogP contribution is 2.19. The number of nitrogens with zero attached hydrogens (tertiary/aromatic N) is 2.